The third kappa shape index (κ3) is 9.97. The number of nitrogens with one attached hydrogen (secondary N) is 1. The van der Waals surface area contributed by atoms with Crippen molar-refractivity contribution in [2.24, 2.45) is 5.41 Å². The van der Waals surface area contributed by atoms with E-state index in [-0.39, 0.29) is 30.8 Å². The Bertz CT molecular complexity index is 1200. The molecular weight excluding hydrogens is 504 g/mol. The highest BCUT2D eigenvalue weighted by Crippen LogP contribution is 2.28. The van der Waals surface area contributed by atoms with E-state index in [2.05, 4.69) is 11.4 Å². The van der Waals surface area contributed by atoms with Gasteiger partial charge in [0.2, 0.25) is 10.0 Å². The van der Waals surface area contributed by atoms with E-state index in [1.807, 2.05) is 44.2 Å². The first-order valence-corrected chi connectivity index (χ1v) is 14.0. The molecule has 2 rings (SSSR count). The van der Waals surface area contributed by atoms with Gasteiger partial charge in [-0.25, -0.2) is 13.2 Å². The molecular formula is C28H40N4O5S. The van der Waals surface area contributed by atoms with Crippen LogP contribution in [-0.2, 0) is 21.2 Å². The lowest BCUT2D eigenvalue weighted by molar-refractivity contribution is 0.0392. The maximum atomic E-state index is 13.7. The number of benzene rings is 2. The second kappa shape index (κ2) is 13.1. The minimum absolute atomic E-state index is 0.000457. The summed E-state index contributed by atoms with van der Waals surface area (Å²) in [5.41, 5.74) is 5.70. The number of carbonyl (C=O) groups is 1. The van der Waals surface area contributed by atoms with E-state index in [0.29, 0.717) is 12.1 Å². The minimum Gasteiger partial charge on any atom is -0.444 e. The van der Waals surface area contributed by atoms with Crippen molar-refractivity contribution < 1.29 is 23.1 Å². The average Bonchev–Trinajstić information content (AvgIpc) is 2.81. The topological polar surface area (TPSA) is 146 Å². The van der Waals surface area contributed by atoms with E-state index >= 15 is 0 Å². The van der Waals surface area contributed by atoms with Crippen molar-refractivity contribution in [3.05, 3.63) is 60.2 Å². The second-order valence-electron chi connectivity index (χ2n) is 11.2. The van der Waals surface area contributed by atoms with Gasteiger partial charge in [-0.15, -0.1) is 0 Å². The van der Waals surface area contributed by atoms with Crippen LogP contribution in [0.4, 0.5) is 10.5 Å². The zero-order valence-electron chi connectivity index (χ0n) is 22.8. The third-order valence-corrected chi connectivity index (χ3v) is 7.68. The van der Waals surface area contributed by atoms with Gasteiger partial charge in [-0.05, 0) is 62.8 Å². The Morgan fingerprint density at radius 1 is 1.13 bits per heavy atom. The molecule has 2 atom stereocenters. The molecule has 0 fully saturated rings. The number of sulfonamides is 1. The first-order chi connectivity index (χ1) is 17.6. The van der Waals surface area contributed by atoms with Crippen LogP contribution < -0.4 is 11.1 Å². The number of nitrogen functional groups attached to an aromatic ring is 1. The van der Waals surface area contributed by atoms with Crippen LogP contribution >= 0.6 is 0 Å². The monoisotopic (exact) mass is 544 g/mol. The zero-order valence-corrected chi connectivity index (χ0v) is 23.7. The van der Waals surface area contributed by atoms with Gasteiger partial charge in [0.25, 0.3) is 0 Å². The van der Waals surface area contributed by atoms with E-state index in [9.17, 15) is 18.3 Å². The maximum absolute atomic E-state index is 13.7. The molecule has 0 saturated carbocycles. The molecule has 0 aromatic heterocycles. The molecule has 2 aromatic rings. The summed E-state index contributed by atoms with van der Waals surface area (Å²) in [6.45, 7) is 8.71. The lowest BCUT2D eigenvalue weighted by atomic mass is 9.88. The number of nitriles is 1. The molecule has 0 radical (unpaired) electrons. The van der Waals surface area contributed by atoms with Gasteiger partial charge in [0, 0.05) is 25.2 Å². The number of hydrogen-bond acceptors (Lipinski definition) is 7. The molecule has 0 unspecified atom stereocenters. The summed E-state index contributed by atoms with van der Waals surface area (Å²) >= 11 is 0. The van der Waals surface area contributed by atoms with Crippen molar-refractivity contribution in [2.45, 2.75) is 76.5 Å². The van der Waals surface area contributed by atoms with Crippen LogP contribution in [0.1, 0.15) is 53.0 Å². The summed E-state index contributed by atoms with van der Waals surface area (Å²) in [7, 11) is -4.07. The number of aliphatic hydroxyl groups is 1. The normalized spacial score (nSPS) is 13.9. The molecule has 0 aliphatic heterocycles. The van der Waals surface area contributed by atoms with E-state index in [1.54, 1.807) is 32.9 Å². The summed E-state index contributed by atoms with van der Waals surface area (Å²) in [5, 5.41) is 23.2. The number of aliphatic hydroxyl groups excluding tert-OH is 1. The van der Waals surface area contributed by atoms with Crippen LogP contribution in [0.2, 0.25) is 0 Å². The molecule has 2 aromatic carbocycles. The molecule has 208 valence electrons. The molecule has 0 saturated heterocycles. The molecule has 4 N–H and O–H groups in total. The van der Waals surface area contributed by atoms with Gasteiger partial charge < -0.3 is 20.9 Å². The first kappa shape index (κ1) is 31.1. The Morgan fingerprint density at radius 2 is 1.79 bits per heavy atom. The summed E-state index contributed by atoms with van der Waals surface area (Å²) in [4.78, 5) is 12.6. The van der Waals surface area contributed by atoms with Gasteiger partial charge in [-0.3, -0.25) is 0 Å². The van der Waals surface area contributed by atoms with Crippen molar-refractivity contribution in [2.75, 3.05) is 18.8 Å². The largest absolute Gasteiger partial charge is 0.444 e. The smallest absolute Gasteiger partial charge is 0.407 e. The van der Waals surface area contributed by atoms with Gasteiger partial charge in [0.05, 0.1) is 23.1 Å². The number of nitrogens with zero attached hydrogens (tertiary/aromatic N) is 2. The fourth-order valence-corrected chi connectivity index (χ4v) is 5.67. The fraction of sp³-hybridized carbons (Fsp3) is 0.500. The number of amides is 1. The van der Waals surface area contributed by atoms with Crippen molar-refractivity contribution in [3.63, 3.8) is 0 Å². The van der Waals surface area contributed by atoms with Crippen molar-refractivity contribution in [3.8, 4) is 6.07 Å². The molecule has 10 heteroatoms. The summed E-state index contributed by atoms with van der Waals surface area (Å²) in [6.07, 6.45) is -1.00. The van der Waals surface area contributed by atoms with Crippen LogP contribution in [0.15, 0.2) is 59.5 Å². The van der Waals surface area contributed by atoms with Crippen LogP contribution in [0.5, 0.6) is 0 Å². The van der Waals surface area contributed by atoms with Crippen LogP contribution in [0.3, 0.4) is 0 Å². The lowest BCUT2D eigenvalue weighted by Gasteiger charge is -2.35. The number of alkyl carbamates (subject to hydrolysis) is 1. The second-order valence-corrected chi connectivity index (χ2v) is 13.1. The Balaban J connectivity index is 2.41. The molecule has 0 heterocycles. The number of hydrogen-bond donors (Lipinski definition) is 3. The quantitative estimate of drug-likeness (QED) is 0.341. The average molecular weight is 545 g/mol. The molecule has 0 aliphatic rings. The number of ether oxygens (including phenoxy) is 1. The van der Waals surface area contributed by atoms with Gasteiger partial charge in [0.15, 0.2) is 0 Å². The standard InChI is InChI=1S/C28H40N4O5S/c1-27(2,3)37-26(34)31-24(17-21-11-7-6-8-12-21)25(33)19-32(20-28(4,5)15-10-16-29)38(35,36)23-14-9-13-22(30)18-23/h6-9,11-14,18,24-25,33H,10,15,17,19-20,30H2,1-5H3,(H,31,34)/t24-,25+/m0/s1. The molecule has 0 spiro atoms. The van der Waals surface area contributed by atoms with Crippen LogP contribution in [-0.4, -0.2) is 54.8 Å². The number of rotatable bonds is 12. The predicted octanol–water partition coefficient (Wildman–Crippen LogP) is 4.09. The van der Waals surface area contributed by atoms with Gasteiger partial charge in [0.1, 0.15) is 5.60 Å². The number of nitrogens with two attached hydrogens (primary N) is 1. The van der Waals surface area contributed by atoms with Crippen molar-refractivity contribution in [1.29, 1.82) is 5.26 Å². The van der Waals surface area contributed by atoms with Gasteiger partial charge in [-0.1, -0.05) is 50.2 Å². The maximum Gasteiger partial charge on any atom is 0.407 e. The summed E-state index contributed by atoms with van der Waals surface area (Å²) in [5.74, 6) is 0. The Labute approximate surface area is 226 Å². The molecule has 9 nitrogen and oxygen atoms in total. The van der Waals surface area contributed by atoms with E-state index in [1.165, 1.54) is 16.4 Å². The number of anilines is 1. The molecule has 0 aliphatic carbocycles. The van der Waals surface area contributed by atoms with Gasteiger partial charge in [-0.2, -0.15) is 9.57 Å². The Hall–Kier alpha value is -3.13. The number of carbonyl (C=O) groups excluding carboxylic acids is 1. The predicted molar refractivity (Wildman–Crippen MR) is 148 cm³/mol. The molecule has 1 amide bonds. The van der Waals surface area contributed by atoms with Crippen molar-refractivity contribution in [1.82, 2.24) is 9.62 Å². The minimum atomic E-state index is -4.07. The fourth-order valence-electron chi connectivity index (χ4n) is 3.97. The lowest BCUT2D eigenvalue weighted by Crippen LogP contribution is -2.52. The van der Waals surface area contributed by atoms with Crippen molar-refractivity contribution >= 4 is 21.8 Å². The molecule has 0 bridgehead atoms. The first-order valence-electron chi connectivity index (χ1n) is 12.6. The highest BCUT2D eigenvalue weighted by atomic mass is 32.2. The van der Waals surface area contributed by atoms with E-state index in [0.717, 1.165) is 5.56 Å². The SMILES string of the molecule is CC(C)(CCC#N)CN(C[C@@H](O)[C@H](Cc1ccccc1)NC(=O)OC(C)(C)C)S(=O)(=O)c1cccc(N)c1. The Morgan fingerprint density at radius 3 is 2.37 bits per heavy atom. The summed E-state index contributed by atoms with van der Waals surface area (Å²) in [6, 6.07) is 16.5. The summed E-state index contributed by atoms with van der Waals surface area (Å²) < 4.78 is 34.1. The highest BCUT2D eigenvalue weighted by Gasteiger charge is 2.35. The van der Waals surface area contributed by atoms with E-state index < -0.39 is 39.3 Å². The van der Waals surface area contributed by atoms with Gasteiger partial charge >= 0.3 is 6.09 Å². The highest BCUT2D eigenvalue weighted by molar-refractivity contribution is 7.89. The molecule has 38 heavy (non-hydrogen) atoms. The third-order valence-electron chi connectivity index (χ3n) is 5.87. The zero-order chi connectivity index (χ0) is 28.6. The Kier molecular flexibility index (Phi) is 10.7. The van der Waals surface area contributed by atoms with Crippen LogP contribution in [0.25, 0.3) is 0 Å². The van der Waals surface area contributed by atoms with Crippen LogP contribution in [0, 0.1) is 16.7 Å². The van der Waals surface area contributed by atoms with E-state index in [4.69, 9.17) is 15.7 Å².